The van der Waals surface area contributed by atoms with Gasteiger partial charge < -0.3 is 4.74 Å². The maximum Gasteiger partial charge on any atom is 0.422 e. The first-order valence-corrected chi connectivity index (χ1v) is 4.73. The van der Waals surface area contributed by atoms with Gasteiger partial charge in [0, 0.05) is 5.69 Å². The average molecular weight is 248 g/mol. The molecule has 1 aromatic rings. The van der Waals surface area contributed by atoms with Crippen LogP contribution in [0.5, 0.6) is 0 Å². The number of nitrogens with one attached hydrogen (secondary N) is 1. The molecule has 94 valence electrons. The summed E-state index contributed by atoms with van der Waals surface area (Å²) in [6, 6.07) is 3.18. The molecule has 0 aliphatic rings. The zero-order chi connectivity index (χ0) is 13.1. The standard InChI is InChI=1S/C10H11F3N2O2/c1-6-3-4-8(7(2)14-6)15-9(16)17-5-10(11,12)13/h3-4H,5H2,1-2H3,(H,15,16). The molecule has 0 saturated heterocycles. The van der Waals surface area contributed by atoms with E-state index in [1.807, 2.05) is 0 Å². The monoisotopic (exact) mass is 248 g/mol. The molecular weight excluding hydrogens is 237 g/mol. The average Bonchev–Trinajstić information content (AvgIpc) is 2.18. The van der Waals surface area contributed by atoms with E-state index in [-0.39, 0.29) is 0 Å². The zero-order valence-electron chi connectivity index (χ0n) is 9.26. The van der Waals surface area contributed by atoms with E-state index >= 15 is 0 Å². The van der Waals surface area contributed by atoms with E-state index in [0.29, 0.717) is 11.4 Å². The van der Waals surface area contributed by atoms with E-state index in [1.54, 1.807) is 26.0 Å². The van der Waals surface area contributed by atoms with E-state index in [0.717, 1.165) is 5.69 Å². The highest BCUT2D eigenvalue weighted by Gasteiger charge is 2.29. The van der Waals surface area contributed by atoms with E-state index in [1.165, 1.54) is 0 Å². The Bertz CT molecular complexity index is 419. The van der Waals surface area contributed by atoms with Crippen LogP contribution >= 0.6 is 0 Å². The van der Waals surface area contributed by atoms with Crippen molar-refractivity contribution >= 4 is 11.8 Å². The van der Waals surface area contributed by atoms with Gasteiger partial charge in [-0.05, 0) is 26.0 Å². The summed E-state index contributed by atoms with van der Waals surface area (Å²) in [6.45, 7) is 1.78. The van der Waals surface area contributed by atoms with E-state index in [2.05, 4.69) is 15.0 Å². The summed E-state index contributed by atoms with van der Waals surface area (Å²) in [6.07, 6.45) is -5.69. The Kier molecular flexibility index (Phi) is 3.93. The molecule has 0 unspecified atom stereocenters. The van der Waals surface area contributed by atoms with Gasteiger partial charge in [0.2, 0.25) is 0 Å². The summed E-state index contributed by atoms with van der Waals surface area (Å²) < 4.78 is 39.3. The molecule has 1 aromatic heterocycles. The normalized spacial score (nSPS) is 11.1. The van der Waals surface area contributed by atoms with E-state index in [4.69, 9.17) is 0 Å². The van der Waals surface area contributed by atoms with Crippen LogP contribution in [0, 0.1) is 13.8 Å². The van der Waals surface area contributed by atoms with Gasteiger partial charge in [0.05, 0.1) is 11.4 Å². The largest absolute Gasteiger partial charge is 0.440 e. The molecule has 1 rings (SSSR count). The van der Waals surface area contributed by atoms with Gasteiger partial charge in [-0.15, -0.1) is 0 Å². The number of anilines is 1. The van der Waals surface area contributed by atoms with Crippen LogP contribution in [0.25, 0.3) is 0 Å². The number of nitrogens with zero attached hydrogens (tertiary/aromatic N) is 1. The van der Waals surface area contributed by atoms with Gasteiger partial charge in [0.1, 0.15) is 0 Å². The van der Waals surface area contributed by atoms with Crippen molar-refractivity contribution < 1.29 is 22.7 Å². The van der Waals surface area contributed by atoms with Crippen LogP contribution in [0.4, 0.5) is 23.7 Å². The maximum atomic E-state index is 11.8. The Morgan fingerprint density at radius 2 is 2.06 bits per heavy atom. The Hall–Kier alpha value is -1.79. The van der Waals surface area contributed by atoms with Gasteiger partial charge in [0.25, 0.3) is 0 Å². The molecule has 0 bridgehead atoms. The van der Waals surface area contributed by atoms with Crippen molar-refractivity contribution in [3.63, 3.8) is 0 Å². The molecule has 0 aliphatic carbocycles. The van der Waals surface area contributed by atoms with Crippen molar-refractivity contribution in [2.75, 3.05) is 11.9 Å². The molecule has 7 heteroatoms. The van der Waals surface area contributed by atoms with Gasteiger partial charge >= 0.3 is 12.3 Å². The minimum Gasteiger partial charge on any atom is -0.440 e. The van der Waals surface area contributed by atoms with Crippen LogP contribution in [0.3, 0.4) is 0 Å². The van der Waals surface area contributed by atoms with Crippen LogP contribution in [0.15, 0.2) is 12.1 Å². The first-order chi connectivity index (χ1) is 7.78. The summed E-state index contributed by atoms with van der Waals surface area (Å²) in [7, 11) is 0. The second-order valence-corrected chi connectivity index (χ2v) is 3.40. The number of alkyl halides is 3. The topological polar surface area (TPSA) is 51.2 Å². The fraction of sp³-hybridized carbons (Fsp3) is 0.400. The highest BCUT2D eigenvalue weighted by atomic mass is 19.4. The van der Waals surface area contributed by atoms with Crippen molar-refractivity contribution in [1.82, 2.24) is 4.98 Å². The smallest absolute Gasteiger partial charge is 0.422 e. The van der Waals surface area contributed by atoms with Gasteiger partial charge in [-0.25, -0.2) is 4.79 Å². The number of aryl methyl sites for hydroxylation is 2. The number of rotatable bonds is 2. The second-order valence-electron chi connectivity index (χ2n) is 3.40. The van der Waals surface area contributed by atoms with Crippen LogP contribution in [-0.4, -0.2) is 23.9 Å². The van der Waals surface area contributed by atoms with E-state index < -0.39 is 18.9 Å². The lowest BCUT2D eigenvalue weighted by Gasteiger charge is -2.10. The number of carbonyl (C=O) groups is 1. The minimum absolute atomic E-state index is 0.322. The van der Waals surface area contributed by atoms with Crippen LogP contribution in [0.1, 0.15) is 11.4 Å². The third-order valence-corrected chi connectivity index (χ3v) is 1.83. The predicted octanol–water partition coefficient (Wildman–Crippen LogP) is 2.81. The van der Waals surface area contributed by atoms with Crippen molar-refractivity contribution in [3.8, 4) is 0 Å². The minimum atomic E-state index is -4.53. The molecular formula is C10H11F3N2O2. The maximum absolute atomic E-state index is 11.8. The molecule has 0 spiro atoms. The Morgan fingerprint density at radius 1 is 1.41 bits per heavy atom. The number of hydrogen-bond acceptors (Lipinski definition) is 3. The number of hydrogen-bond donors (Lipinski definition) is 1. The van der Waals surface area contributed by atoms with Crippen LogP contribution < -0.4 is 5.32 Å². The summed E-state index contributed by atoms with van der Waals surface area (Å²) >= 11 is 0. The molecule has 17 heavy (non-hydrogen) atoms. The quantitative estimate of drug-likeness (QED) is 0.875. The highest BCUT2D eigenvalue weighted by molar-refractivity contribution is 5.85. The first kappa shape index (κ1) is 13.3. The van der Waals surface area contributed by atoms with Crippen molar-refractivity contribution in [2.24, 2.45) is 0 Å². The second kappa shape index (κ2) is 5.03. The summed E-state index contributed by atoms with van der Waals surface area (Å²) in [5.74, 6) is 0. The van der Waals surface area contributed by atoms with Gasteiger partial charge in [-0.3, -0.25) is 10.3 Å². The Morgan fingerprint density at radius 3 is 2.59 bits per heavy atom. The van der Waals surface area contributed by atoms with Crippen LogP contribution in [0.2, 0.25) is 0 Å². The van der Waals surface area contributed by atoms with Crippen molar-refractivity contribution in [1.29, 1.82) is 0 Å². The molecule has 0 aromatic carbocycles. The molecule has 1 N–H and O–H groups in total. The van der Waals surface area contributed by atoms with Crippen molar-refractivity contribution in [2.45, 2.75) is 20.0 Å². The SMILES string of the molecule is Cc1ccc(NC(=O)OCC(F)(F)F)c(C)n1. The number of aromatic nitrogens is 1. The molecule has 0 aliphatic heterocycles. The predicted molar refractivity (Wildman–Crippen MR) is 54.7 cm³/mol. The molecule has 0 radical (unpaired) electrons. The lowest BCUT2D eigenvalue weighted by atomic mass is 10.3. The number of pyridine rings is 1. The molecule has 1 heterocycles. The zero-order valence-corrected chi connectivity index (χ0v) is 9.26. The summed E-state index contributed by atoms with van der Waals surface area (Å²) in [5, 5.41) is 2.19. The fourth-order valence-corrected chi connectivity index (χ4v) is 1.11. The number of ether oxygens (including phenoxy) is 1. The lowest BCUT2D eigenvalue weighted by molar-refractivity contribution is -0.159. The fourth-order valence-electron chi connectivity index (χ4n) is 1.11. The highest BCUT2D eigenvalue weighted by Crippen LogP contribution is 2.16. The van der Waals surface area contributed by atoms with Gasteiger partial charge in [-0.2, -0.15) is 13.2 Å². The molecule has 1 amide bonds. The molecule has 0 saturated carbocycles. The van der Waals surface area contributed by atoms with Crippen LogP contribution in [-0.2, 0) is 4.74 Å². The number of amides is 1. The Labute approximate surface area is 95.8 Å². The number of carbonyl (C=O) groups excluding carboxylic acids is 1. The van der Waals surface area contributed by atoms with Crippen molar-refractivity contribution in [3.05, 3.63) is 23.5 Å². The summed E-state index contributed by atoms with van der Waals surface area (Å²) in [4.78, 5) is 15.1. The Balaban J connectivity index is 2.57. The molecule has 0 fully saturated rings. The lowest BCUT2D eigenvalue weighted by Crippen LogP contribution is -2.23. The van der Waals surface area contributed by atoms with Gasteiger partial charge in [-0.1, -0.05) is 0 Å². The molecule has 4 nitrogen and oxygen atoms in total. The summed E-state index contributed by atoms with van der Waals surface area (Å²) in [5.41, 5.74) is 1.58. The number of halogens is 3. The third-order valence-electron chi connectivity index (χ3n) is 1.83. The third kappa shape index (κ3) is 4.71. The van der Waals surface area contributed by atoms with Gasteiger partial charge in [0.15, 0.2) is 6.61 Å². The molecule has 0 atom stereocenters. The first-order valence-electron chi connectivity index (χ1n) is 4.73. The van der Waals surface area contributed by atoms with E-state index in [9.17, 15) is 18.0 Å².